The van der Waals surface area contributed by atoms with E-state index in [9.17, 15) is 9.59 Å². The highest BCUT2D eigenvalue weighted by molar-refractivity contribution is 6.00. The number of nitrogens with zero attached hydrogens (tertiary/aromatic N) is 1. The number of carbonyl (C=O) groups excluding carboxylic acids is 2. The summed E-state index contributed by atoms with van der Waals surface area (Å²) in [7, 11) is 1.47. The van der Waals surface area contributed by atoms with Crippen molar-refractivity contribution in [3.63, 3.8) is 0 Å². The van der Waals surface area contributed by atoms with Crippen molar-refractivity contribution >= 4 is 18.0 Å². The molecule has 3 atom stereocenters. The summed E-state index contributed by atoms with van der Waals surface area (Å²) in [6.45, 7) is 9.50. The van der Waals surface area contributed by atoms with Crippen molar-refractivity contribution in [1.29, 1.82) is 0 Å². The Morgan fingerprint density at radius 2 is 2.18 bits per heavy atom. The fourth-order valence-electron chi connectivity index (χ4n) is 3.15. The van der Waals surface area contributed by atoms with Crippen LogP contribution in [0.25, 0.3) is 0 Å². The third-order valence-corrected chi connectivity index (χ3v) is 4.76. The SMILES string of the molecule is C=CCC1=C(C)[C@@H](OC(=O)[C@@H]2[C@H](/C=N/OC)C2(C)C)CC1=O. The Hall–Kier alpha value is -1.91. The van der Waals surface area contributed by atoms with Crippen LogP contribution in [-0.2, 0) is 19.2 Å². The average Bonchev–Trinajstić information content (AvgIpc) is 2.91. The van der Waals surface area contributed by atoms with E-state index in [1.807, 2.05) is 20.8 Å². The average molecular weight is 305 g/mol. The molecule has 2 rings (SSSR count). The first-order chi connectivity index (χ1) is 10.3. The summed E-state index contributed by atoms with van der Waals surface area (Å²) in [5.41, 5.74) is 1.38. The van der Waals surface area contributed by atoms with Crippen LogP contribution in [0.15, 0.2) is 29.0 Å². The molecular formula is C17H23NO4. The van der Waals surface area contributed by atoms with Crippen LogP contribution >= 0.6 is 0 Å². The molecule has 0 N–H and O–H groups in total. The van der Waals surface area contributed by atoms with Gasteiger partial charge in [0.05, 0.1) is 12.3 Å². The molecule has 0 heterocycles. The maximum absolute atomic E-state index is 12.4. The standard InChI is InChI=1S/C17H23NO4/c1-6-7-11-10(2)14(8-13(11)19)22-16(20)15-12(9-18-21-5)17(15,3)4/h6,9,12,14-15H,1,7-8H2,2-5H3/b18-9+/t12-,14-,15-/m0/s1. The van der Waals surface area contributed by atoms with E-state index in [1.165, 1.54) is 7.11 Å². The van der Waals surface area contributed by atoms with Gasteiger partial charge >= 0.3 is 5.97 Å². The number of hydrogen-bond acceptors (Lipinski definition) is 5. The van der Waals surface area contributed by atoms with Crippen molar-refractivity contribution in [3.05, 3.63) is 23.8 Å². The summed E-state index contributed by atoms with van der Waals surface area (Å²) in [4.78, 5) is 29.0. The molecule has 120 valence electrons. The molecule has 2 aliphatic rings. The summed E-state index contributed by atoms with van der Waals surface area (Å²) in [6, 6.07) is 0. The van der Waals surface area contributed by atoms with Crippen molar-refractivity contribution in [2.75, 3.05) is 7.11 Å². The van der Waals surface area contributed by atoms with Crippen LogP contribution in [0.3, 0.4) is 0 Å². The molecule has 0 radical (unpaired) electrons. The summed E-state index contributed by atoms with van der Waals surface area (Å²) >= 11 is 0. The second kappa shape index (κ2) is 6.07. The van der Waals surface area contributed by atoms with Gasteiger partial charge in [0.1, 0.15) is 13.2 Å². The van der Waals surface area contributed by atoms with E-state index in [0.29, 0.717) is 6.42 Å². The number of rotatable bonds is 6. The first-order valence-electron chi connectivity index (χ1n) is 7.45. The van der Waals surface area contributed by atoms with E-state index in [2.05, 4.69) is 16.6 Å². The Morgan fingerprint density at radius 3 is 2.77 bits per heavy atom. The molecule has 0 aromatic carbocycles. The highest BCUT2D eigenvalue weighted by atomic mass is 16.6. The monoisotopic (exact) mass is 305 g/mol. The summed E-state index contributed by atoms with van der Waals surface area (Å²) in [5, 5.41) is 3.75. The minimum Gasteiger partial charge on any atom is -0.457 e. The Morgan fingerprint density at radius 1 is 1.50 bits per heavy atom. The van der Waals surface area contributed by atoms with Crippen LogP contribution in [-0.4, -0.2) is 31.2 Å². The van der Waals surface area contributed by atoms with Gasteiger partial charge in [-0.1, -0.05) is 25.1 Å². The summed E-state index contributed by atoms with van der Waals surface area (Å²) < 4.78 is 5.59. The molecule has 0 aromatic rings. The molecule has 0 aromatic heterocycles. The van der Waals surface area contributed by atoms with Gasteiger partial charge in [0.15, 0.2) is 5.78 Å². The Bertz CT molecular complexity index is 559. The number of oxime groups is 1. The van der Waals surface area contributed by atoms with Gasteiger partial charge in [-0.3, -0.25) is 9.59 Å². The third kappa shape index (κ3) is 2.85. The van der Waals surface area contributed by atoms with E-state index >= 15 is 0 Å². The number of ketones is 1. The fraction of sp³-hybridized carbons (Fsp3) is 0.588. The van der Waals surface area contributed by atoms with Crippen molar-refractivity contribution in [2.24, 2.45) is 22.4 Å². The molecule has 0 saturated heterocycles. The van der Waals surface area contributed by atoms with E-state index in [1.54, 1.807) is 12.3 Å². The zero-order valence-electron chi connectivity index (χ0n) is 13.6. The van der Waals surface area contributed by atoms with Gasteiger partial charge in [-0.2, -0.15) is 0 Å². The summed E-state index contributed by atoms with van der Waals surface area (Å²) in [5.74, 6) is -0.455. The lowest BCUT2D eigenvalue weighted by Gasteiger charge is -2.13. The molecule has 1 saturated carbocycles. The van der Waals surface area contributed by atoms with E-state index in [-0.39, 0.29) is 35.4 Å². The Kier molecular flexibility index (Phi) is 4.54. The van der Waals surface area contributed by atoms with E-state index in [0.717, 1.165) is 11.1 Å². The Balaban J connectivity index is 2.03. The van der Waals surface area contributed by atoms with Crippen LogP contribution in [0, 0.1) is 17.3 Å². The van der Waals surface area contributed by atoms with Crippen molar-refractivity contribution in [2.45, 2.75) is 39.7 Å². The molecule has 1 fully saturated rings. The highest BCUT2D eigenvalue weighted by Crippen LogP contribution is 2.58. The molecule has 0 aliphatic heterocycles. The van der Waals surface area contributed by atoms with Gasteiger partial charge in [-0.05, 0) is 24.3 Å². The fourth-order valence-corrected chi connectivity index (χ4v) is 3.15. The van der Waals surface area contributed by atoms with Crippen LogP contribution in [0.2, 0.25) is 0 Å². The van der Waals surface area contributed by atoms with Crippen LogP contribution in [0.5, 0.6) is 0 Å². The normalized spacial score (nSPS) is 29.8. The molecule has 0 amide bonds. The van der Waals surface area contributed by atoms with E-state index in [4.69, 9.17) is 4.74 Å². The molecule has 22 heavy (non-hydrogen) atoms. The van der Waals surface area contributed by atoms with Crippen LogP contribution in [0.1, 0.15) is 33.6 Å². The number of allylic oxidation sites excluding steroid dienone is 2. The van der Waals surface area contributed by atoms with Crippen molar-refractivity contribution < 1.29 is 19.2 Å². The highest BCUT2D eigenvalue weighted by Gasteiger charge is 2.62. The van der Waals surface area contributed by atoms with Crippen molar-refractivity contribution in [3.8, 4) is 0 Å². The molecule has 0 bridgehead atoms. The van der Waals surface area contributed by atoms with Crippen molar-refractivity contribution in [1.82, 2.24) is 0 Å². The summed E-state index contributed by atoms with van der Waals surface area (Å²) in [6.07, 6.45) is 3.67. The topological polar surface area (TPSA) is 65.0 Å². The zero-order chi connectivity index (χ0) is 16.5. The maximum Gasteiger partial charge on any atom is 0.310 e. The smallest absolute Gasteiger partial charge is 0.310 e. The number of hydrogen-bond donors (Lipinski definition) is 0. The number of ether oxygens (including phenoxy) is 1. The molecule has 5 heteroatoms. The Labute approximate surface area is 131 Å². The van der Waals surface area contributed by atoms with Gasteiger partial charge in [-0.15, -0.1) is 6.58 Å². The third-order valence-electron chi connectivity index (χ3n) is 4.76. The number of carbonyl (C=O) groups is 2. The predicted octanol–water partition coefficient (Wildman–Crippen LogP) is 2.67. The van der Waals surface area contributed by atoms with Gasteiger partial charge in [0, 0.05) is 17.7 Å². The molecule has 0 spiro atoms. The number of Topliss-reactive ketones (excluding diaryl/α,β-unsaturated/α-hetero) is 1. The van der Waals surface area contributed by atoms with Gasteiger partial charge < -0.3 is 9.57 Å². The molecular weight excluding hydrogens is 282 g/mol. The van der Waals surface area contributed by atoms with Crippen LogP contribution in [0.4, 0.5) is 0 Å². The molecule has 5 nitrogen and oxygen atoms in total. The largest absolute Gasteiger partial charge is 0.457 e. The van der Waals surface area contributed by atoms with Gasteiger partial charge in [-0.25, -0.2) is 0 Å². The molecule has 2 aliphatic carbocycles. The van der Waals surface area contributed by atoms with E-state index < -0.39 is 6.10 Å². The lowest BCUT2D eigenvalue weighted by Crippen LogP contribution is -2.20. The first-order valence-corrected chi connectivity index (χ1v) is 7.45. The minimum absolute atomic E-state index is 0.00832. The van der Waals surface area contributed by atoms with Gasteiger partial charge in [0.2, 0.25) is 0 Å². The quantitative estimate of drug-likeness (QED) is 0.327. The molecule has 0 unspecified atom stereocenters. The lowest BCUT2D eigenvalue weighted by molar-refractivity contribution is -0.150. The van der Waals surface area contributed by atoms with Gasteiger partial charge in [0.25, 0.3) is 0 Å². The first kappa shape index (κ1) is 16.5. The second-order valence-corrected chi connectivity index (χ2v) is 6.47. The second-order valence-electron chi connectivity index (χ2n) is 6.47. The lowest BCUT2D eigenvalue weighted by atomic mass is 10.1. The zero-order valence-corrected chi connectivity index (χ0v) is 13.6. The maximum atomic E-state index is 12.4. The number of esters is 1. The van der Waals surface area contributed by atoms with Crippen LogP contribution < -0.4 is 0 Å². The minimum atomic E-state index is -0.439. The predicted molar refractivity (Wildman–Crippen MR) is 83.3 cm³/mol.